The molecular formula is C19H15Cl2N3O4. The molecule has 0 bridgehead atoms. The summed E-state index contributed by atoms with van der Waals surface area (Å²) in [6.45, 7) is -0.167. The van der Waals surface area contributed by atoms with Crippen LogP contribution in [0.5, 0.6) is 5.75 Å². The number of halogens is 2. The second kappa shape index (κ2) is 7.00. The van der Waals surface area contributed by atoms with E-state index in [-0.39, 0.29) is 13.0 Å². The number of imide groups is 1. The molecule has 2 heterocycles. The Bertz CT molecular complexity index is 997. The van der Waals surface area contributed by atoms with Crippen molar-refractivity contribution in [3.05, 3.63) is 58.1 Å². The van der Waals surface area contributed by atoms with Crippen LogP contribution in [0.3, 0.4) is 0 Å². The molecule has 0 aromatic heterocycles. The van der Waals surface area contributed by atoms with Gasteiger partial charge in [0, 0.05) is 17.0 Å². The van der Waals surface area contributed by atoms with Crippen LogP contribution in [0.15, 0.2) is 42.5 Å². The second-order valence-corrected chi connectivity index (χ2v) is 7.34. The Kier molecular flexibility index (Phi) is 4.64. The number of para-hydroxylation sites is 1. The molecule has 2 N–H and O–H groups in total. The molecular weight excluding hydrogens is 405 g/mol. The van der Waals surface area contributed by atoms with E-state index in [2.05, 4.69) is 10.6 Å². The number of fused-ring (bicyclic) bond motifs is 2. The summed E-state index contributed by atoms with van der Waals surface area (Å²) in [7, 11) is 0. The first kappa shape index (κ1) is 18.6. The standard InChI is InChI=1S/C19H15Cl2N3O4/c20-11-5-6-13(21)14(9-11)22-16(25)10-24-17(26)19(23-18(24)27)7-8-28-15-4-2-1-3-12(15)19/h1-6,9H,7-8,10H2,(H,22,25)(H,23,27). The lowest BCUT2D eigenvalue weighted by Crippen LogP contribution is -2.48. The number of carbonyl (C=O) groups excluding carboxylic acids is 3. The minimum Gasteiger partial charge on any atom is -0.493 e. The van der Waals surface area contributed by atoms with Gasteiger partial charge in [0.15, 0.2) is 5.54 Å². The number of anilines is 1. The first-order valence-electron chi connectivity index (χ1n) is 8.52. The number of nitrogens with zero attached hydrogens (tertiary/aromatic N) is 1. The predicted molar refractivity (Wildman–Crippen MR) is 104 cm³/mol. The lowest BCUT2D eigenvalue weighted by Gasteiger charge is -2.33. The monoisotopic (exact) mass is 419 g/mol. The third kappa shape index (κ3) is 3.06. The molecule has 2 aromatic carbocycles. The van der Waals surface area contributed by atoms with Gasteiger partial charge in [0.2, 0.25) is 5.91 Å². The maximum atomic E-state index is 13.1. The zero-order valence-electron chi connectivity index (χ0n) is 14.5. The normalized spacial score (nSPS) is 20.6. The van der Waals surface area contributed by atoms with Crippen molar-refractivity contribution < 1.29 is 19.1 Å². The van der Waals surface area contributed by atoms with Gasteiger partial charge in [0.25, 0.3) is 5.91 Å². The van der Waals surface area contributed by atoms with Crippen molar-refractivity contribution in [3.8, 4) is 5.75 Å². The molecule has 28 heavy (non-hydrogen) atoms. The van der Waals surface area contributed by atoms with Crippen LogP contribution >= 0.6 is 23.2 Å². The van der Waals surface area contributed by atoms with E-state index in [0.29, 0.717) is 27.0 Å². The molecule has 2 aliphatic rings. The van der Waals surface area contributed by atoms with E-state index in [1.54, 1.807) is 36.4 Å². The van der Waals surface area contributed by atoms with Gasteiger partial charge < -0.3 is 15.4 Å². The van der Waals surface area contributed by atoms with Crippen LogP contribution in [0.1, 0.15) is 12.0 Å². The highest BCUT2D eigenvalue weighted by Crippen LogP contribution is 2.40. The van der Waals surface area contributed by atoms with Crippen molar-refractivity contribution in [1.82, 2.24) is 10.2 Å². The molecule has 4 rings (SSSR count). The van der Waals surface area contributed by atoms with Gasteiger partial charge in [-0.05, 0) is 24.3 Å². The molecule has 4 amide bonds. The molecule has 0 aliphatic carbocycles. The number of carbonyl (C=O) groups is 3. The molecule has 7 nitrogen and oxygen atoms in total. The highest BCUT2D eigenvalue weighted by molar-refractivity contribution is 6.35. The maximum Gasteiger partial charge on any atom is 0.325 e. The molecule has 2 aromatic rings. The van der Waals surface area contributed by atoms with Gasteiger partial charge in [0.05, 0.1) is 17.3 Å². The van der Waals surface area contributed by atoms with Crippen LogP contribution in [0.2, 0.25) is 10.0 Å². The summed E-state index contributed by atoms with van der Waals surface area (Å²) in [5.74, 6) is -0.509. The molecule has 0 saturated carbocycles. The predicted octanol–water partition coefficient (Wildman–Crippen LogP) is 3.16. The van der Waals surface area contributed by atoms with Gasteiger partial charge in [-0.25, -0.2) is 4.79 Å². The van der Waals surface area contributed by atoms with Crippen LogP contribution in [0.4, 0.5) is 10.5 Å². The fraction of sp³-hybridized carbons (Fsp3) is 0.211. The van der Waals surface area contributed by atoms with E-state index in [0.717, 1.165) is 4.90 Å². The van der Waals surface area contributed by atoms with E-state index >= 15 is 0 Å². The highest BCUT2D eigenvalue weighted by Gasteiger charge is 2.55. The Labute approximate surface area is 170 Å². The van der Waals surface area contributed by atoms with Crippen molar-refractivity contribution in [3.63, 3.8) is 0 Å². The molecule has 1 unspecified atom stereocenters. The average Bonchev–Trinajstić information content (AvgIpc) is 2.90. The minimum atomic E-state index is -1.22. The second-order valence-electron chi connectivity index (χ2n) is 6.49. The van der Waals surface area contributed by atoms with Crippen molar-refractivity contribution >= 4 is 46.7 Å². The average molecular weight is 420 g/mol. The van der Waals surface area contributed by atoms with Crippen molar-refractivity contribution in [2.45, 2.75) is 12.0 Å². The largest absolute Gasteiger partial charge is 0.493 e. The summed E-state index contributed by atoms with van der Waals surface area (Å²) in [6.07, 6.45) is 0.285. The number of hydrogen-bond acceptors (Lipinski definition) is 4. The maximum absolute atomic E-state index is 13.1. The van der Waals surface area contributed by atoms with Gasteiger partial charge in [-0.3, -0.25) is 14.5 Å². The van der Waals surface area contributed by atoms with Crippen LogP contribution in [-0.2, 0) is 15.1 Å². The van der Waals surface area contributed by atoms with Crippen LogP contribution in [-0.4, -0.2) is 35.9 Å². The molecule has 1 atom stereocenters. The molecule has 1 fully saturated rings. The number of hydrogen-bond donors (Lipinski definition) is 2. The van der Waals surface area contributed by atoms with Gasteiger partial charge in [0.1, 0.15) is 12.3 Å². The summed E-state index contributed by atoms with van der Waals surface area (Å²) in [4.78, 5) is 39.0. The Morgan fingerprint density at radius 3 is 2.82 bits per heavy atom. The summed E-state index contributed by atoms with van der Waals surface area (Å²) in [5, 5.41) is 6.01. The van der Waals surface area contributed by atoms with Gasteiger partial charge in [-0.1, -0.05) is 41.4 Å². The first-order valence-corrected chi connectivity index (χ1v) is 9.27. The fourth-order valence-electron chi connectivity index (χ4n) is 3.44. The topological polar surface area (TPSA) is 87.7 Å². The Morgan fingerprint density at radius 2 is 2.00 bits per heavy atom. The fourth-order valence-corrected chi connectivity index (χ4v) is 3.78. The number of benzene rings is 2. The number of urea groups is 1. The van der Waals surface area contributed by atoms with Gasteiger partial charge in [-0.2, -0.15) is 0 Å². The summed E-state index contributed by atoms with van der Waals surface area (Å²) < 4.78 is 5.58. The molecule has 1 saturated heterocycles. The van der Waals surface area contributed by atoms with Crippen LogP contribution in [0, 0.1) is 0 Å². The van der Waals surface area contributed by atoms with Gasteiger partial charge >= 0.3 is 6.03 Å². The van der Waals surface area contributed by atoms with Crippen LogP contribution < -0.4 is 15.4 Å². The number of amides is 4. The summed E-state index contributed by atoms with van der Waals surface area (Å²) >= 11 is 12.0. The smallest absolute Gasteiger partial charge is 0.325 e. The number of ether oxygens (including phenoxy) is 1. The molecule has 1 spiro atoms. The van der Waals surface area contributed by atoms with Crippen molar-refractivity contribution in [2.24, 2.45) is 0 Å². The van der Waals surface area contributed by atoms with E-state index in [9.17, 15) is 14.4 Å². The minimum absolute atomic E-state index is 0.279. The zero-order chi connectivity index (χ0) is 19.9. The number of rotatable bonds is 3. The molecule has 0 radical (unpaired) electrons. The lowest BCUT2D eigenvalue weighted by atomic mass is 9.84. The number of nitrogens with one attached hydrogen (secondary N) is 2. The first-order chi connectivity index (χ1) is 13.4. The van der Waals surface area contributed by atoms with Crippen molar-refractivity contribution in [1.29, 1.82) is 0 Å². The van der Waals surface area contributed by atoms with E-state index in [4.69, 9.17) is 27.9 Å². The quantitative estimate of drug-likeness (QED) is 0.747. The Hall–Kier alpha value is -2.77. The van der Waals surface area contributed by atoms with Gasteiger partial charge in [-0.15, -0.1) is 0 Å². The summed E-state index contributed by atoms with van der Waals surface area (Å²) in [5.41, 5.74) is -0.336. The molecule has 144 valence electrons. The SMILES string of the molecule is O=C(CN1C(=O)NC2(CCOc3ccccc32)C1=O)Nc1cc(Cl)ccc1Cl. The van der Waals surface area contributed by atoms with E-state index in [1.165, 1.54) is 6.07 Å². The van der Waals surface area contributed by atoms with E-state index < -0.39 is 29.9 Å². The molecule has 9 heteroatoms. The Balaban J connectivity index is 1.56. The zero-order valence-corrected chi connectivity index (χ0v) is 16.0. The van der Waals surface area contributed by atoms with Crippen LogP contribution in [0.25, 0.3) is 0 Å². The summed E-state index contributed by atoms with van der Waals surface area (Å²) in [6, 6.07) is 11.0. The highest BCUT2D eigenvalue weighted by atomic mass is 35.5. The van der Waals surface area contributed by atoms with Crippen molar-refractivity contribution in [2.75, 3.05) is 18.5 Å². The van der Waals surface area contributed by atoms with E-state index in [1.807, 2.05) is 0 Å². The third-order valence-electron chi connectivity index (χ3n) is 4.76. The molecule has 2 aliphatic heterocycles. The Morgan fingerprint density at radius 1 is 1.21 bits per heavy atom. The third-order valence-corrected chi connectivity index (χ3v) is 5.33. The lowest BCUT2D eigenvalue weighted by molar-refractivity contribution is -0.135.